The maximum atomic E-state index is 10.6. The topological polar surface area (TPSA) is 78.8 Å². The molecule has 0 saturated heterocycles. The summed E-state index contributed by atoms with van der Waals surface area (Å²) in [6.45, 7) is 0. The molecule has 0 aliphatic rings. The minimum atomic E-state index is -3.30. The van der Waals surface area contributed by atoms with Crippen molar-refractivity contribution < 1.29 is 13.5 Å². The highest BCUT2D eigenvalue weighted by molar-refractivity contribution is 7.88. The molecule has 0 unspecified atom stereocenters. The summed E-state index contributed by atoms with van der Waals surface area (Å²) in [4.78, 5) is 1.96. The van der Waals surface area contributed by atoms with Crippen LogP contribution in [0.15, 0.2) is 29.4 Å². The Labute approximate surface area is 82.1 Å². The molecular weight excluding hydrogens is 204 g/mol. The molecule has 0 spiro atoms. The van der Waals surface area contributed by atoms with Crippen molar-refractivity contribution in [2.24, 2.45) is 5.10 Å². The Morgan fingerprint density at radius 3 is 2.43 bits per heavy atom. The van der Waals surface area contributed by atoms with E-state index < -0.39 is 10.0 Å². The van der Waals surface area contributed by atoms with Gasteiger partial charge in [-0.1, -0.05) is 0 Å². The fraction of sp³-hybridized carbons (Fsp3) is 0.125. The number of sulfonamides is 1. The molecule has 1 rings (SSSR count). The molecule has 0 aliphatic carbocycles. The van der Waals surface area contributed by atoms with E-state index in [2.05, 4.69) is 5.10 Å². The normalized spacial score (nSPS) is 11.8. The second kappa shape index (κ2) is 4.10. The zero-order chi connectivity index (χ0) is 10.6. The van der Waals surface area contributed by atoms with Crippen LogP contribution in [0.1, 0.15) is 5.56 Å². The minimum absolute atomic E-state index is 0.151. The Morgan fingerprint density at radius 2 is 1.93 bits per heavy atom. The summed E-state index contributed by atoms with van der Waals surface area (Å²) in [5.41, 5.74) is 0.693. The monoisotopic (exact) mass is 214 g/mol. The third-order valence-corrected chi connectivity index (χ3v) is 1.76. The Kier molecular flexibility index (Phi) is 3.08. The van der Waals surface area contributed by atoms with Gasteiger partial charge in [0.25, 0.3) is 0 Å². The predicted octanol–water partition coefficient (Wildman–Crippen LogP) is 0.275. The zero-order valence-electron chi connectivity index (χ0n) is 7.51. The second-order valence-corrected chi connectivity index (χ2v) is 4.44. The number of nitrogens with one attached hydrogen (secondary N) is 1. The lowest BCUT2D eigenvalue weighted by Crippen LogP contribution is -2.15. The molecule has 0 fully saturated rings. The first-order valence-electron chi connectivity index (χ1n) is 3.76. The van der Waals surface area contributed by atoms with Crippen molar-refractivity contribution in [2.75, 3.05) is 6.26 Å². The number of phenols is 1. The molecule has 1 aromatic carbocycles. The van der Waals surface area contributed by atoms with Gasteiger partial charge in [-0.15, -0.1) is 0 Å². The van der Waals surface area contributed by atoms with E-state index in [9.17, 15) is 8.42 Å². The van der Waals surface area contributed by atoms with Gasteiger partial charge in [0.05, 0.1) is 12.5 Å². The van der Waals surface area contributed by atoms with Crippen molar-refractivity contribution in [1.82, 2.24) is 4.83 Å². The third kappa shape index (κ3) is 3.90. The fourth-order valence-corrected chi connectivity index (χ4v) is 1.00. The number of hydrogen-bond donors (Lipinski definition) is 2. The van der Waals surface area contributed by atoms with Gasteiger partial charge in [-0.3, -0.25) is 0 Å². The van der Waals surface area contributed by atoms with Crippen LogP contribution < -0.4 is 4.83 Å². The third-order valence-electron chi connectivity index (χ3n) is 1.33. The summed E-state index contributed by atoms with van der Waals surface area (Å²) in [5.74, 6) is 0.151. The Balaban J connectivity index is 2.65. The maximum absolute atomic E-state index is 10.6. The number of hydrazone groups is 1. The summed E-state index contributed by atoms with van der Waals surface area (Å²) < 4.78 is 21.2. The average molecular weight is 214 g/mol. The highest BCUT2D eigenvalue weighted by atomic mass is 32.2. The van der Waals surface area contributed by atoms with E-state index in [1.165, 1.54) is 18.3 Å². The summed E-state index contributed by atoms with van der Waals surface area (Å²) in [5, 5.41) is 12.5. The first-order valence-corrected chi connectivity index (χ1v) is 5.65. The van der Waals surface area contributed by atoms with Gasteiger partial charge in [-0.25, -0.2) is 13.2 Å². The molecule has 0 saturated carbocycles. The minimum Gasteiger partial charge on any atom is -0.508 e. The van der Waals surface area contributed by atoms with Crippen LogP contribution >= 0.6 is 0 Å². The smallest absolute Gasteiger partial charge is 0.244 e. The van der Waals surface area contributed by atoms with E-state index in [4.69, 9.17) is 5.11 Å². The summed E-state index contributed by atoms with van der Waals surface area (Å²) in [7, 11) is -3.30. The van der Waals surface area contributed by atoms with Crippen molar-refractivity contribution in [3.05, 3.63) is 29.8 Å². The van der Waals surface area contributed by atoms with Crippen LogP contribution in [0, 0.1) is 0 Å². The Morgan fingerprint density at radius 1 is 1.36 bits per heavy atom. The van der Waals surface area contributed by atoms with E-state index >= 15 is 0 Å². The van der Waals surface area contributed by atoms with Crippen LogP contribution in [-0.2, 0) is 10.0 Å². The Bertz CT molecular complexity index is 422. The molecule has 76 valence electrons. The number of rotatable bonds is 3. The van der Waals surface area contributed by atoms with Gasteiger partial charge in [-0.2, -0.15) is 5.10 Å². The summed E-state index contributed by atoms with van der Waals surface area (Å²) in [6, 6.07) is 6.20. The molecule has 0 aromatic heterocycles. The van der Waals surface area contributed by atoms with Crippen molar-refractivity contribution in [1.29, 1.82) is 0 Å². The predicted molar refractivity (Wildman–Crippen MR) is 53.7 cm³/mol. The molecule has 5 nitrogen and oxygen atoms in total. The van der Waals surface area contributed by atoms with Gasteiger partial charge < -0.3 is 5.11 Å². The number of phenolic OH excluding ortho intramolecular Hbond substituents is 1. The molecular formula is C8H10N2O3S. The number of benzene rings is 1. The van der Waals surface area contributed by atoms with Crippen molar-refractivity contribution in [3.63, 3.8) is 0 Å². The standard InChI is InChI=1S/C8H10N2O3S/c1-14(12,13)10-9-6-7-2-4-8(11)5-3-7/h2-6,10-11H,1H3. The quantitative estimate of drug-likeness (QED) is 0.560. The molecule has 0 atom stereocenters. The van der Waals surface area contributed by atoms with Crippen molar-refractivity contribution >= 4 is 16.2 Å². The van der Waals surface area contributed by atoms with Crippen molar-refractivity contribution in [3.8, 4) is 5.75 Å². The zero-order valence-corrected chi connectivity index (χ0v) is 8.32. The van der Waals surface area contributed by atoms with E-state index in [-0.39, 0.29) is 5.75 Å². The molecule has 6 heteroatoms. The van der Waals surface area contributed by atoms with E-state index in [0.29, 0.717) is 5.56 Å². The van der Waals surface area contributed by atoms with Crippen LogP contribution in [0.4, 0.5) is 0 Å². The first kappa shape index (κ1) is 10.5. The highest BCUT2D eigenvalue weighted by Gasteiger charge is 1.94. The van der Waals surface area contributed by atoms with E-state index in [1.54, 1.807) is 12.1 Å². The number of hydrogen-bond acceptors (Lipinski definition) is 4. The fourth-order valence-electron chi connectivity index (χ4n) is 0.757. The Hall–Kier alpha value is -1.56. The first-order chi connectivity index (χ1) is 6.47. The van der Waals surface area contributed by atoms with Gasteiger partial charge in [0.2, 0.25) is 10.0 Å². The number of aromatic hydroxyl groups is 1. The van der Waals surface area contributed by atoms with Gasteiger partial charge >= 0.3 is 0 Å². The molecule has 1 aromatic rings. The lowest BCUT2D eigenvalue weighted by atomic mass is 10.2. The molecule has 2 N–H and O–H groups in total. The average Bonchev–Trinajstić information content (AvgIpc) is 2.06. The summed E-state index contributed by atoms with van der Waals surface area (Å²) in [6.07, 6.45) is 2.36. The lowest BCUT2D eigenvalue weighted by molar-refractivity contribution is 0.475. The van der Waals surface area contributed by atoms with Crippen LogP contribution in [0.3, 0.4) is 0 Å². The van der Waals surface area contributed by atoms with Gasteiger partial charge in [0, 0.05) is 0 Å². The molecule has 14 heavy (non-hydrogen) atoms. The molecule has 0 heterocycles. The summed E-state index contributed by atoms with van der Waals surface area (Å²) >= 11 is 0. The highest BCUT2D eigenvalue weighted by Crippen LogP contribution is 2.07. The molecule has 0 aliphatic heterocycles. The van der Waals surface area contributed by atoms with Gasteiger partial charge in [0.15, 0.2) is 0 Å². The lowest BCUT2D eigenvalue weighted by Gasteiger charge is -1.95. The van der Waals surface area contributed by atoms with Gasteiger partial charge in [0.1, 0.15) is 5.75 Å². The maximum Gasteiger partial charge on any atom is 0.244 e. The molecule has 0 radical (unpaired) electrons. The van der Waals surface area contributed by atoms with E-state index in [1.807, 2.05) is 4.83 Å². The van der Waals surface area contributed by atoms with Crippen LogP contribution in [0.5, 0.6) is 5.75 Å². The number of nitrogens with zero attached hydrogens (tertiary/aromatic N) is 1. The van der Waals surface area contributed by atoms with E-state index in [0.717, 1.165) is 6.26 Å². The van der Waals surface area contributed by atoms with Crippen LogP contribution in [0.25, 0.3) is 0 Å². The van der Waals surface area contributed by atoms with Crippen LogP contribution in [-0.4, -0.2) is 26.0 Å². The second-order valence-electron chi connectivity index (χ2n) is 2.71. The van der Waals surface area contributed by atoms with Crippen LogP contribution in [0.2, 0.25) is 0 Å². The molecule has 0 bridgehead atoms. The van der Waals surface area contributed by atoms with Gasteiger partial charge in [-0.05, 0) is 29.8 Å². The molecule has 0 amide bonds. The largest absolute Gasteiger partial charge is 0.508 e. The SMILES string of the molecule is CS(=O)(=O)NN=Cc1ccc(O)cc1. The van der Waals surface area contributed by atoms with Crippen molar-refractivity contribution in [2.45, 2.75) is 0 Å².